The fourth-order valence-corrected chi connectivity index (χ4v) is 1.80. The van der Waals surface area contributed by atoms with Crippen LogP contribution in [0.3, 0.4) is 0 Å². The van der Waals surface area contributed by atoms with Crippen molar-refractivity contribution in [3.05, 3.63) is 12.2 Å². The van der Waals surface area contributed by atoms with Gasteiger partial charge < -0.3 is 10.2 Å². The Morgan fingerprint density at radius 3 is 2.22 bits per heavy atom. The van der Waals surface area contributed by atoms with Gasteiger partial charge in [-0.2, -0.15) is 0 Å². The van der Waals surface area contributed by atoms with Gasteiger partial charge in [0.05, 0.1) is 12.0 Å². The summed E-state index contributed by atoms with van der Waals surface area (Å²) in [6.07, 6.45) is 6.46. The summed E-state index contributed by atoms with van der Waals surface area (Å²) in [5, 5.41) is 19.6. The molecular formula is C16H28O2. The third-order valence-corrected chi connectivity index (χ3v) is 2.76. The maximum absolute atomic E-state index is 10.1. The van der Waals surface area contributed by atoms with E-state index < -0.39 is 11.0 Å². The van der Waals surface area contributed by atoms with Gasteiger partial charge in [-0.15, -0.1) is 0 Å². The van der Waals surface area contributed by atoms with E-state index in [4.69, 9.17) is 0 Å². The Kier molecular flexibility index (Phi) is 7.28. The first kappa shape index (κ1) is 17.2. The molecule has 104 valence electrons. The third kappa shape index (κ3) is 7.53. The zero-order valence-corrected chi connectivity index (χ0v) is 12.5. The second kappa shape index (κ2) is 7.61. The fraction of sp³-hybridized carbons (Fsp3) is 0.750. The summed E-state index contributed by atoms with van der Waals surface area (Å²) in [6.45, 7) is 9.86. The molecule has 0 bridgehead atoms. The summed E-state index contributed by atoms with van der Waals surface area (Å²) < 4.78 is 0. The lowest BCUT2D eigenvalue weighted by Crippen LogP contribution is -2.26. The highest BCUT2D eigenvalue weighted by atomic mass is 16.3. The number of rotatable bonds is 6. The van der Waals surface area contributed by atoms with E-state index in [0.29, 0.717) is 18.8 Å². The van der Waals surface area contributed by atoms with Gasteiger partial charge in [0.1, 0.15) is 5.60 Å². The van der Waals surface area contributed by atoms with Crippen LogP contribution in [0.1, 0.15) is 53.9 Å². The number of aliphatic hydroxyl groups is 2. The molecule has 18 heavy (non-hydrogen) atoms. The average Bonchev–Trinajstić information content (AvgIpc) is 2.25. The van der Waals surface area contributed by atoms with Gasteiger partial charge in [-0.3, -0.25) is 0 Å². The molecule has 0 aliphatic rings. The molecule has 2 atom stereocenters. The molecule has 0 amide bonds. The van der Waals surface area contributed by atoms with Crippen molar-refractivity contribution in [3.8, 4) is 11.8 Å². The number of allylic oxidation sites excluding steroid dienone is 2. The number of hydrogen-bond donors (Lipinski definition) is 2. The highest BCUT2D eigenvalue weighted by Gasteiger charge is 2.22. The molecule has 0 rings (SSSR count). The second-order valence-electron chi connectivity index (χ2n) is 5.92. The molecule has 2 unspecified atom stereocenters. The Morgan fingerprint density at radius 2 is 1.78 bits per heavy atom. The van der Waals surface area contributed by atoms with Gasteiger partial charge in [-0.05, 0) is 39.0 Å². The summed E-state index contributed by atoms with van der Waals surface area (Å²) in [5.74, 6) is 6.37. The van der Waals surface area contributed by atoms with E-state index in [1.807, 2.05) is 13.0 Å². The minimum absolute atomic E-state index is 0.00577. The van der Waals surface area contributed by atoms with E-state index in [9.17, 15) is 10.2 Å². The molecule has 0 aromatic carbocycles. The summed E-state index contributed by atoms with van der Waals surface area (Å²) in [7, 11) is 0. The summed E-state index contributed by atoms with van der Waals surface area (Å²) in [6, 6.07) is 0. The topological polar surface area (TPSA) is 40.5 Å². The molecule has 2 heteroatoms. The molecular weight excluding hydrogens is 224 g/mol. The van der Waals surface area contributed by atoms with Crippen LogP contribution in [0.5, 0.6) is 0 Å². The molecule has 0 heterocycles. The van der Waals surface area contributed by atoms with Gasteiger partial charge in [0.2, 0.25) is 0 Å². The Bertz CT molecular complexity index is 318. The molecule has 2 nitrogen and oxygen atoms in total. The van der Waals surface area contributed by atoms with E-state index in [-0.39, 0.29) is 6.61 Å². The Morgan fingerprint density at radius 1 is 1.17 bits per heavy atom. The summed E-state index contributed by atoms with van der Waals surface area (Å²) in [5.41, 5.74) is -1.44. The van der Waals surface area contributed by atoms with Crippen LogP contribution in [0.2, 0.25) is 0 Å². The molecule has 2 N–H and O–H groups in total. The zero-order valence-electron chi connectivity index (χ0n) is 12.5. The van der Waals surface area contributed by atoms with Crippen LogP contribution in [0.4, 0.5) is 0 Å². The fourth-order valence-electron chi connectivity index (χ4n) is 1.80. The first-order valence-electron chi connectivity index (χ1n) is 6.77. The van der Waals surface area contributed by atoms with Crippen LogP contribution in [-0.4, -0.2) is 22.4 Å². The number of hydrogen-bond acceptors (Lipinski definition) is 2. The zero-order chi connectivity index (χ0) is 14.2. The van der Waals surface area contributed by atoms with Gasteiger partial charge in [0.15, 0.2) is 0 Å². The van der Waals surface area contributed by atoms with Gasteiger partial charge >= 0.3 is 0 Å². The largest absolute Gasteiger partial charge is 0.395 e. The molecule has 0 saturated heterocycles. The van der Waals surface area contributed by atoms with Crippen molar-refractivity contribution in [3.63, 3.8) is 0 Å². The van der Waals surface area contributed by atoms with Crippen molar-refractivity contribution >= 4 is 0 Å². The van der Waals surface area contributed by atoms with E-state index in [1.165, 1.54) is 0 Å². The summed E-state index contributed by atoms with van der Waals surface area (Å²) in [4.78, 5) is 0. The van der Waals surface area contributed by atoms with Gasteiger partial charge in [-0.25, -0.2) is 0 Å². The smallest absolute Gasteiger partial charge is 0.123 e. The first-order chi connectivity index (χ1) is 8.24. The highest BCUT2D eigenvalue weighted by molar-refractivity contribution is 5.19. The highest BCUT2D eigenvalue weighted by Crippen LogP contribution is 2.22. The summed E-state index contributed by atoms with van der Waals surface area (Å²) >= 11 is 0. The minimum Gasteiger partial charge on any atom is -0.395 e. The minimum atomic E-state index is -0.973. The predicted molar refractivity (Wildman–Crippen MR) is 77.1 cm³/mol. The van der Waals surface area contributed by atoms with Gasteiger partial charge in [0, 0.05) is 0 Å². The van der Waals surface area contributed by atoms with Gasteiger partial charge in [-0.1, -0.05) is 44.8 Å². The van der Waals surface area contributed by atoms with Crippen molar-refractivity contribution < 1.29 is 10.2 Å². The molecule has 0 aliphatic heterocycles. The Balaban J connectivity index is 4.75. The van der Waals surface area contributed by atoms with Crippen LogP contribution in [0, 0.1) is 23.2 Å². The monoisotopic (exact) mass is 252 g/mol. The van der Waals surface area contributed by atoms with Crippen LogP contribution in [0.25, 0.3) is 0 Å². The second-order valence-corrected chi connectivity index (χ2v) is 5.92. The lowest BCUT2D eigenvalue weighted by molar-refractivity contribution is 0.0966. The van der Waals surface area contributed by atoms with E-state index in [1.54, 1.807) is 6.92 Å². The third-order valence-electron chi connectivity index (χ3n) is 2.76. The maximum atomic E-state index is 10.1. The molecule has 0 aromatic rings. The molecule has 0 spiro atoms. The standard InChI is InChI=1S/C16H28O2/c1-6-7-8-9-15(4,13-17)10-11-16(5,18)12-14(2)3/h7-8,14,17-18H,6,9,12-13H2,1-5H3/b8-7+. The van der Waals surface area contributed by atoms with E-state index in [0.717, 1.165) is 6.42 Å². The average molecular weight is 252 g/mol. The lowest BCUT2D eigenvalue weighted by atomic mass is 9.86. The maximum Gasteiger partial charge on any atom is 0.123 e. The Hall–Kier alpha value is -0.780. The van der Waals surface area contributed by atoms with Crippen molar-refractivity contribution in [2.24, 2.45) is 11.3 Å². The van der Waals surface area contributed by atoms with Gasteiger partial charge in [0.25, 0.3) is 0 Å². The quantitative estimate of drug-likeness (QED) is 0.563. The Labute approximate surface area is 112 Å². The van der Waals surface area contributed by atoms with Crippen molar-refractivity contribution in [1.82, 2.24) is 0 Å². The molecule has 0 fully saturated rings. The van der Waals surface area contributed by atoms with E-state index >= 15 is 0 Å². The lowest BCUT2D eigenvalue weighted by Gasteiger charge is -2.22. The molecule has 0 saturated carbocycles. The SMILES string of the molecule is CC/C=C/CC(C)(C#CC(C)(O)CC(C)C)CO. The van der Waals surface area contributed by atoms with Crippen LogP contribution < -0.4 is 0 Å². The molecule has 0 radical (unpaired) electrons. The van der Waals surface area contributed by atoms with E-state index in [2.05, 4.69) is 38.7 Å². The van der Waals surface area contributed by atoms with Crippen molar-refractivity contribution in [2.75, 3.05) is 6.61 Å². The van der Waals surface area contributed by atoms with Crippen LogP contribution in [-0.2, 0) is 0 Å². The van der Waals surface area contributed by atoms with Crippen molar-refractivity contribution in [1.29, 1.82) is 0 Å². The predicted octanol–water partition coefficient (Wildman–Crippen LogP) is 3.14. The van der Waals surface area contributed by atoms with Crippen molar-refractivity contribution in [2.45, 2.75) is 59.5 Å². The van der Waals surface area contributed by atoms with Crippen LogP contribution >= 0.6 is 0 Å². The first-order valence-corrected chi connectivity index (χ1v) is 6.77. The molecule has 0 aromatic heterocycles. The van der Waals surface area contributed by atoms with Crippen LogP contribution in [0.15, 0.2) is 12.2 Å². The normalized spacial score (nSPS) is 18.2. The number of aliphatic hydroxyl groups excluding tert-OH is 1. The molecule has 0 aliphatic carbocycles.